The lowest BCUT2D eigenvalue weighted by atomic mass is 10.2. The average molecular weight is 773 g/mol. The van der Waals surface area contributed by atoms with E-state index in [-0.39, 0.29) is 41.7 Å². The Morgan fingerprint density at radius 2 is 1.20 bits per heavy atom. The molecule has 50 heavy (non-hydrogen) atoms. The number of amides is 1. The van der Waals surface area contributed by atoms with Crippen LogP contribution < -0.4 is 20.5 Å². The summed E-state index contributed by atoms with van der Waals surface area (Å²) in [5.41, 5.74) is 4.97. The highest BCUT2D eigenvalue weighted by molar-refractivity contribution is 7.14. The summed E-state index contributed by atoms with van der Waals surface area (Å²) in [4.78, 5) is 52.8. The number of ether oxygens (including phenoxy) is 4. The van der Waals surface area contributed by atoms with Gasteiger partial charge < -0.3 is 24.7 Å². The third-order valence-corrected chi connectivity index (χ3v) is 6.53. The molecule has 0 saturated carbocycles. The van der Waals surface area contributed by atoms with E-state index in [0.717, 1.165) is 29.5 Å². The highest BCUT2D eigenvalue weighted by Gasteiger charge is 2.33. The number of alkyl halides is 6. The number of nitrogens with two attached hydrogens (primary N) is 1. The number of para-hydroxylation sites is 2. The van der Waals surface area contributed by atoms with Crippen LogP contribution in [0.4, 0.5) is 36.6 Å². The molecule has 21 heteroatoms. The van der Waals surface area contributed by atoms with Crippen molar-refractivity contribution in [1.29, 1.82) is 0 Å². The second kappa shape index (κ2) is 19.9. The topological polar surface area (TPSA) is 169 Å². The number of benzene rings is 2. The number of nitrogens with zero attached hydrogens (tertiary/aromatic N) is 2. The van der Waals surface area contributed by atoms with Crippen molar-refractivity contribution in [2.45, 2.75) is 34.0 Å². The van der Waals surface area contributed by atoms with Crippen LogP contribution in [0.15, 0.2) is 59.3 Å². The normalized spacial score (nSPS) is 10.5. The molecule has 0 bridgehead atoms. The Morgan fingerprint density at radius 1 is 0.760 bits per heavy atom. The number of carbonyl (C=O) groups is 4. The number of nitrogens with one attached hydrogen (secondary N) is 1. The van der Waals surface area contributed by atoms with Gasteiger partial charge in [0, 0.05) is 10.8 Å². The van der Waals surface area contributed by atoms with Gasteiger partial charge in [0.05, 0.1) is 24.3 Å². The van der Waals surface area contributed by atoms with Crippen LogP contribution in [0.5, 0.6) is 11.5 Å². The van der Waals surface area contributed by atoms with Crippen molar-refractivity contribution in [3.63, 3.8) is 0 Å². The van der Waals surface area contributed by atoms with Gasteiger partial charge in [0.15, 0.2) is 21.7 Å². The molecule has 0 aliphatic carbocycles. The van der Waals surface area contributed by atoms with Crippen molar-refractivity contribution in [3.8, 4) is 11.5 Å². The SMILES string of the molecule is C.CCOC(=O)c1csc(N)n1.CCOC(=O)c1csc(NC(=O)c2ccccc2OC(F)(F)F)n1.O=C(Cl)c1ccccc1OC(F)(F)F. The predicted octanol–water partition coefficient (Wildman–Crippen LogP) is 7.97. The zero-order valence-corrected chi connectivity index (χ0v) is 27.3. The Labute approximate surface area is 293 Å². The first-order valence-corrected chi connectivity index (χ1v) is 15.3. The second-order valence-electron chi connectivity index (χ2n) is 8.37. The minimum absolute atomic E-state index is 0. The standard InChI is InChI=1S/C14H11F3N2O4S.C8H4ClF3O2.C6H8N2O2S.CH4/c1-2-22-12(21)9-7-24-13(18-9)19-11(20)8-5-3-4-6-10(8)23-14(15,16)17;9-7(13)5-3-1-2-4-6(5)14-8(10,11)12;1-2-10-5(9)4-3-11-6(7)8-4;/h3-7H,2H2,1H3,(H,18,19,20);1-4H;3H,2H2,1H3,(H2,7,8);1H4. The third-order valence-electron chi connectivity index (χ3n) is 4.90. The van der Waals surface area contributed by atoms with E-state index in [4.69, 9.17) is 26.8 Å². The fourth-order valence-corrected chi connectivity index (χ4v) is 4.45. The molecule has 2 aromatic heterocycles. The average Bonchev–Trinajstić information content (AvgIpc) is 3.66. The smallest absolute Gasteiger partial charge is 0.461 e. The van der Waals surface area contributed by atoms with E-state index < -0.39 is 47.3 Å². The maximum Gasteiger partial charge on any atom is 0.573 e. The molecule has 0 spiro atoms. The minimum atomic E-state index is -4.92. The number of carbonyl (C=O) groups excluding carboxylic acids is 4. The first-order chi connectivity index (χ1) is 22.9. The molecule has 0 fully saturated rings. The fourth-order valence-electron chi connectivity index (χ4n) is 3.09. The number of hydrogen-bond acceptors (Lipinski definition) is 13. The zero-order valence-electron chi connectivity index (χ0n) is 24.9. The molecule has 0 radical (unpaired) electrons. The van der Waals surface area contributed by atoms with Gasteiger partial charge in [-0.2, -0.15) is 0 Å². The lowest BCUT2D eigenvalue weighted by Crippen LogP contribution is -2.20. The number of hydrogen-bond donors (Lipinski definition) is 2. The number of halogens is 7. The van der Waals surface area contributed by atoms with Crippen LogP contribution in [0.25, 0.3) is 0 Å². The molecule has 0 aliphatic rings. The summed E-state index contributed by atoms with van der Waals surface area (Å²) >= 11 is 7.21. The van der Waals surface area contributed by atoms with Crippen molar-refractivity contribution in [2.75, 3.05) is 24.3 Å². The summed E-state index contributed by atoms with van der Waals surface area (Å²) in [6, 6.07) is 9.76. The van der Waals surface area contributed by atoms with Crippen LogP contribution in [0.3, 0.4) is 0 Å². The van der Waals surface area contributed by atoms with Crippen molar-refractivity contribution in [2.24, 2.45) is 0 Å². The van der Waals surface area contributed by atoms with Crippen LogP contribution in [-0.4, -0.2) is 59.0 Å². The molecule has 272 valence electrons. The van der Waals surface area contributed by atoms with Gasteiger partial charge in [-0.25, -0.2) is 19.6 Å². The summed E-state index contributed by atoms with van der Waals surface area (Å²) in [6.07, 6.45) is -9.75. The van der Waals surface area contributed by atoms with Crippen LogP contribution in [0.2, 0.25) is 0 Å². The molecule has 0 saturated heterocycles. The molecule has 4 rings (SSSR count). The lowest BCUT2D eigenvalue weighted by molar-refractivity contribution is -0.275. The maximum absolute atomic E-state index is 12.4. The van der Waals surface area contributed by atoms with Crippen molar-refractivity contribution < 1.29 is 64.5 Å². The molecule has 4 aromatic rings. The molecule has 1 amide bonds. The number of thiazole rings is 2. The molecule has 3 N–H and O–H groups in total. The summed E-state index contributed by atoms with van der Waals surface area (Å²) in [5, 5.41) is 4.69. The lowest BCUT2D eigenvalue weighted by Gasteiger charge is -2.12. The highest BCUT2D eigenvalue weighted by Crippen LogP contribution is 2.28. The number of anilines is 2. The second-order valence-corrected chi connectivity index (χ2v) is 10.5. The van der Waals surface area contributed by atoms with Crippen molar-refractivity contribution in [1.82, 2.24) is 9.97 Å². The molecule has 0 atom stereocenters. The van der Waals surface area contributed by atoms with E-state index in [1.165, 1.54) is 47.0 Å². The van der Waals surface area contributed by atoms with E-state index in [1.54, 1.807) is 19.2 Å². The van der Waals surface area contributed by atoms with Crippen molar-refractivity contribution in [3.05, 3.63) is 81.8 Å². The monoisotopic (exact) mass is 772 g/mol. The van der Waals surface area contributed by atoms with Gasteiger partial charge in [0.1, 0.15) is 11.5 Å². The number of esters is 2. The highest BCUT2D eigenvalue weighted by atomic mass is 35.5. The van der Waals surface area contributed by atoms with Gasteiger partial charge in [-0.3, -0.25) is 14.9 Å². The molecule has 2 aromatic carbocycles. The van der Waals surface area contributed by atoms with Crippen LogP contribution in [-0.2, 0) is 9.47 Å². The number of rotatable bonds is 9. The van der Waals surface area contributed by atoms with E-state index in [0.29, 0.717) is 11.7 Å². The van der Waals surface area contributed by atoms with Gasteiger partial charge in [0.2, 0.25) is 0 Å². The van der Waals surface area contributed by atoms with Gasteiger partial charge in [0.25, 0.3) is 11.1 Å². The van der Waals surface area contributed by atoms with Gasteiger partial charge in [-0.1, -0.05) is 31.7 Å². The first-order valence-electron chi connectivity index (χ1n) is 13.2. The summed E-state index contributed by atoms with van der Waals surface area (Å²) < 4.78 is 89.4. The Kier molecular flexibility index (Phi) is 17.1. The predicted molar refractivity (Wildman–Crippen MR) is 172 cm³/mol. The summed E-state index contributed by atoms with van der Waals surface area (Å²) in [6.45, 7) is 3.90. The fraction of sp³-hybridized carbons (Fsp3) is 0.241. The largest absolute Gasteiger partial charge is 0.573 e. The maximum atomic E-state index is 12.4. The summed E-state index contributed by atoms with van der Waals surface area (Å²) in [5.74, 6) is -3.15. The molecule has 12 nitrogen and oxygen atoms in total. The quantitative estimate of drug-likeness (QED) is 0.0961. The van der Waals surface area contributed by atoms with Gasteiger partial charge in [-0.15, -0.1) is 49.0 Å². The molecule has 2 heterocycles. The van der Waals surface area contributed by atoms with Crippen molar-refractivity contribution >= 4 is 67.6 Å². The van der Waals surface area contributed by atoms with Crippen LogP contribution in [0.1, 0.15) is 63.0 Å². The number of nitrogen functional groups attached to an aromatic ring is 1. The van der Waals surface area contributed by atoms with Gasteiger partial charge >= 0.3 is 24.7 Å². The molecular weight excluding hydrogens is 746 g/mol. The molecule has 0 aliphatic heterocycles. The molecular formula is C29H27ClF6N4O8S2. The van der Waals surface area contributed by atoms with Gasteiger partial charge in [-0.05, 0) is 49.7 Å². The van der Waals surface area contributed by atoms with E-state index >= 15 is 0 Å². The Balaban J connectivity index is 0.000000408. The number of aromatic nitrogens is 2. The Morgan fingerprint density at radius 3 is 1.64 bits per heavy atom. The van der Waals surface area contributed by atoms with Crippen LogP contribution >= 0.6 is 34.3 Å². The minimum Gasteiger partial charge on any atom is -0.461 e. The zero-order chi connectivity index (χ0) is 36.8. The molecule has 0 unspecified atom stereocenters. The van der Waals surface area contributed by atoms with Crippen LogP contribution in [0, 0.1) is 0 Å². The Hall–Kier alpha value is -4.95. The third kappa shape index (κ3) is 15.1. The summed E-state index contributed by atoms with van der Waals surface area (Å²) in [7, 11) is 0. The first kappa shape index (κ1) is 43.1. The van der Waals surface area contributed by atoms with E-state index in [9.17, 15) is 45.5 Å². The van der Waals surface area contributed by atoms with E-state index in [1.807, 2.05) is 0 Å². The Bertz CT molecular complexity index is 1730. The van der Waals surface area contributed by atoms with E-state index in [2.05, 4.69) is 24.8 Å².